The van der Waals surface area contributed by atoms with Crippen molar-refractivity contribution in [2.75, 3.05) is 6.61 Å². The second-order valence-electron chi connectivity index (χ2n) is 4.84. The van der Waals surface area contributed by atoms with E-state index in [1.807, 2.05) is 13.0 Å². The third kappa shape index (κ3) is 4.65. The van der Waals surface area contributed by atoms with Crippen LogP contribution in [0, 0.1) is 13.8 Å². The van der Waals surface area contributed by atoms with Gasteiger partial charge in [-0.05, 0) is 62.8 Å². The first-order valence-corrected chi connectivity index (χ1v) is 8.29. The predicted octanol–water partition coefficient (Wildman–Crippen LogP) is 3.08. The van der Waals surface area contributed by atoms with Crippen molar-refractivity contribution in [2.24, 2.45) is 5.14 Å². The van der Waals surface area contributed by atoms with E-state index in [0.29, 0.717) is 12.2 Å². The van der Waals surface area contributed by atoms with Gasteiger partial charge >= 0.3 is 0 Å². The standard InChI is InChI=1S/C15H23NO3S/c1-4-5-6-7-8-11-19-14-9-10-15(20(16,17)18)13(3)12(14)2/h4,9-10H,1,5-8,11H2,2-3H3,(H2,16,17,18). The van der Waals surface area contributed by atoms with E-state index in [2.05, 4.69) is 6.58 Å². The van der Waals surface area contributed by atoms with E-state index in [-0.39, 0.29) is 4.90 Å². The second kappa shape index (κ2) is 7.45. The van der Waals surface area contributed by atoms with Crippen molar-refractivity contribution in [1.82, 2.24) is 0 Å². The lowest BCUT2D eigenvalue weighted by Gasteiger charge is -2.13. The molecule has 0 atom stereocenters. The van der Waals surface area contributed by atoms with Crippen molar-refractivity contribution in [3.8, 4) is 5.75 Å². The zero-order chi connectivity index (χ0) is 15.2. The van der Waals surface area contributed by atoms with Crippen molar-refractivity contribution in [1.29, 1.82) is 0 Å². The maximum absolute atomic E-state index is 11.4. The Morgan fingerprint density at radius 2 is 1.90 bits per heavy atom. The molecule has 0 aliphatic heterocycles. The fourth-order valence-electron chi connectivity index (χ4n) is 1.99. The summed E-state index contributed by atoms with van der Waals surface area (Å²) in [5.74, 6) is 0.721. The Kier molecular flexibility index (Phi) is 6.23. The van der Waals surface area contributed by atoms with Crippen molar-refractivity contribution in [3.63, 3.8) is 0 Å². The molecule has 0 aliphatic carbocycles. The summed E-state index contributed by atoms with van der Waals surface area (Å²) in [5.41, 5.74) is 1.47. The smallest absolute Gasteiger partial charge is 0.238 e. The van der Waals surface area contributed by atoms with Gasteiger partial charge in [0.15, 0.2) is 0 Å². The fourth-order valence-corrected chi connectivity index (χ4v) is 2.82. The van der Waals surface area contributed by atoms with Gasteiger partial charge in [0, 0.05) is 0 Å². The number of nitrogens with two attached hydrogens (primary N) is 1. The van der Waals surface area contributed by atoms with Gasteiger partial charge in [-0.15, -0.1) is 6.58 Å². The average Bonchev–Trinajstić information content (AvgIpc) is 2.37. The first-order chi connectivity index (χ1) is 9.38. The van der Waals surface area contributed by atoms with Gasteiger partial charge in [-0.2, -0.15) is 0 Å². The summed E-state index contributed by atoms with van der Waals surface area (Å²) >= 11 is 0. The molecule has 0 saturated carbocycles. The van der Waals surface area contributed by atoms with E-state index >= 15 is 0 Å². The van der Waals surface area contributed by atoms with Gasteiger partial charge in [-0.1, -0.05) is 6.08 Å². The Hall–Kier alpha value is -1.33. The number of primary sulfonamides is 1. The first kappa shape index (κ1) is 16.7. The van der Waals surface area contributed by atoms with E-state index < -0.39 is 10.0 Å². The van der Waals surface area contributed by atoms with Gasteiger partial charge in [0.25, 0.3) is 0 Å². The summed E-state index contributed by atoms with van der Waals surface area (Å²) in [6.45, 7) is 7.90. The first-order valence-electron chi connectivity index (χ1n) is 6.74. The van der Waals surface area contributed by atoms with Crippen molar-refractivity contribution in [2.45, 2.75) is 44.4 Å². The zero-order valence-corrected chi connectivity index (χ0v) is 13.0. The molecule has 0 aromatic heterocycles. The number of rotatable bonds is 8. The van der Waals surface area contributed by atoms with Crippen LogP contribution in [0.3, 0.4) is 0 Å². The lowest BCUT2D eigenvalue weighted by Crippen LogP contribution is -2.14. The Morgan fingerprint density at radius 3 is 2.50 bits per heavy atom. The Labute approximate surface area is 121 Å². The van der Waals surface area contributed by atoms with E-state index in [1.165, 1.54) is 6.07 Å². The van der Waals surface area contributed by atoms with E-state index in [4.69, 9.17) is 9.88 Å². The van der Waals surface area contributed by atoms with Crippen molar-refractivity contribution < 1.29 is 13.2 Å². The van der Waals surface area contributed by atoms with Crippen LogP contribution < -0.4 is 9.88 Å². The highest BCUT2D eigenvalue weighted by Crippen LogP contribution is 2.26. The van der Waals surface area contributed by atoms with Crippen LogP contribution >= 0.6 is 0 Å². The Balaban J connectivity index is 2.65. The zero-order valence-electron chi connectivity index (χ0n) is 12.2. The Morgan fingerprint density at radius 1 is 1.20 bits per heavy atom. The van der Waals surface area contributed by atoms with Crippen LogP contribution in [0.1, 0.15) is 36.8 Å². The van der Waals surface area contributed by atoms with E-state index in [9.17, 15) is 8.42 Å². The molecule has 0 bridgehead atoms. The molecule has 2 N–H and O–H groups in total. The lowest BCUT2D eigenvalue weighted by molar-refractivity contribution is 0.303. The minimum Gasteiger partial charge on any atom is -0.493 e. The van der Waals surface area contributed by atoms with Crippen LogP contribution in [0.2, 0.25) is 0 Å². The lowest BCUT2D eigenvalue weighted by atomic mass is 10.1. The highest BCUT2D eigenvalue weighted by molar-refractivity contribution is 7.89. The molecule has 1 aromatic rings. The molecule has 0 aliphatic rings. The highest BCUT2D eigenvalue weighted by Gasteiger charge is 2.15. The molecular weight excluding hydrogens is 274 g/mol. The molecule has 0 unspecified atom stereocenters. The monoisotopic (exact) mass is 297 g/mol. The maximum atomic E-state index is 11.4. The summed E-state index contributed by atoms with van der Waals surface area (Å²) in [6.07, 6.45) is 6.14. The minimum atomic E-state index is -3.67. The summed E-state index contributed by atoms with van der Waals surface area (Å²) in [7, 11) is -3.67. The van der Waals surface area contributed by atoms with Crippen molar-refractivity contribution in [3.05, 3.63) is 35.9 Å². The topological polar surface area (TPSA) is 69.4 Å². The summed E-state index contributed by atoms with van der Waals surface area (Å²) < 4.78 is 28.5. The van der Waals surface area contributed by atoms with Gasteiger partial charge in [0.2, 0.25) is 10.0 Å². The molecule has 1 rings (SSSR count). The SMILES string of the molecule is C=CCCCCCOc1ccc(S(N)(=O)=O)c(C)c1C. The Bertz CT molecular complexity index is 565. The van der Waals surface area contributed by atoms with Crippen LogP contribution in [-0.2, 0) is 10.0 Å². The minimum absolute atomic E-state index is 0.160. The summed E-state index contributed by atoms with van der Waals surface area (Å²) in [4.78, 5) is 0.160. The largest absolute Gasteiger partial charge is 0.493 e. The number of hydrogen-bond acceptors (Lipinski definition) is 3. The number of hydrogen-bond donors (Lipinski definition) is 1. The summed E-state index contributed by atoms with van der Waals surface area (Å²) in [5, 5.41) is 5.17. The van der Waals surface area contributed by atoms with Crippen LogP contribution in [0.25, 0.3) is 0 Å². The molecule has 0 spiro atoms. The number of ether oxygens (including phenoxy) is 1. The van der Waals surface area contributed by atoms with Crippen molar-refractivity contribution >= 4 is 10.0 Å². The molecule has 0 amide bonds. The molecule has 5 heteroatoms. The molecule has 20 heavy (non-hydrogen) atoms. The molecule has 1 aromatic carbocycles. The molecule has 0 saturated heterocycles. The highest BCUT2D eigenvalue weighted by atomic mass is 32.2. The average molecular weight is 297 g/mol. The number of allylic oxidation sites excluding steroid dienone is 1. The van der Waals surface area contributed by atoms with Crippen LogP contribution in [0.4, 0.5) is 0 Å². The van der Waals surface area contributed by atoms with Gasteiger partial charge in [-0.25, -0.2) is 13.6 Å². The number of benzene rings is 1. The fraction of sp³-hybridized carbons (Fsp3) is 0.467. The molecule has 0 fully saturated rings. The number of unbranched alkanes of at least 4 members (excludes halogenated alkanes) is 3. The molecule has 0 radical (unpaired) electrons. The van der Waals surface area contributed by atoms with Crippen LogP contribution in [-0.4, -0.2) is 15.0 Å². The van der Waals surface area contributed by atoms with E-state index in [0.717, 1.165) is 37.0 Å². The van der Waals surface area contributed by atoms with Crippen LogP contribution in [0.5, 0.6) is 5.75 Å². The molecule has 0 heterocycles. The third-order valence-electron chi connectivity index (χ3n) is 3.30. The summed E-state index contributed by atoms with van der Waals surface area (Å²) in [6, 6.07) is 3.18. The van der Waals surface area contributed by atoms with Gasteiger partial charge in [0.05, 0.1) is 11.5 Å². The quantitative estimate of drug-likeness (QED) is 0.592. The van der Waals surface area contributed by atoms with Crippen LogP contribution in [0.15, 0.2) is 29.7 Å². The molecular formula is C15H23NO3S. The van der Waals surface area contributed by atoms with E-state index in [1.54, 1.807) is 13.0 Å². The normalized spacial score (nSPS) is 11.3. The second-order valence-corrected chi connectivity index (χ2v) is 6.37. The predicted molar refractivity (Wildman–Crippen MR) is 81.4 cm³/mol. The van der Waals surface area contributed by atoms with Gasteiger partial charge < -0.3 is 4.74 Å². The molecule has 112 valence electrons. The number of sulfonamides is 1. The maximum Gasteiger partial charge on any atom is 0.238 e. The van der Waals surface area contributed by atoms with Gasteiger partial charge in [-0.3, -0.25) is 0 Å². The third-order valence-corrected chi connectivity index (χ3v) is 4.36. The van der Waals surface area contributed by atoms with Gasteiger partial charge in [0.1, 0.15) is 5.75 Å². The molecule has 4 nitrogen and oxygen atoms in total.